The van der Waals surface area contributed by atoms with Gasteiger partial charge in [-0.25, -0.2) is 0 Å². The van der Waals surface area contributed by atoms with Crippen LogP contribution in [0.25, 0.3) is 0 Å². The second kappa shape index (κ2) is 4.07. The molecule has 17 heavy (non-hydrogen) atoms. The molecule has 2 saturated heterocycles. The van der Waals surface area contributed by atoms with E-state index in [2.05, 4.69) is 0 Å². The van der Waals surface area contributed by atoms with Crippen LogP contribution in [0.2, 0.25) is 0 Å². The van der Waals surface area contributed by atoms with Crippen LogP contribution in [0.5, 0.6) is 0 Å². The highest BCUT2D eigenvalue weighted by molar-refractivity contribution is 5.18. The fraction of sp³-hybridized carbons (Fsp3) is 0.538. The van der Waals surface area contributed by atoms with Crippen molar-refractivity contribution in [3.05, 3.63) is 35.9 Å². The Morgan fingerprint density at radius 1 is 1.29 bits per heavy atom. The van der Waals surface area contributed by atoms with Crippen LogP contribution in [0.4, 0.5) is 0 Å². The van der Waals surface area contributed by atoms with Crippen molar-refractivity contribution in [1.82, 2.24) is 0 Å². The van der Waals surface area contributed by atoms with Crippen molar-refractivity contribution < 1.29 is 19.7 Å². The van der Waals surface area contributed by atoms with Gasteiger partial charge in [0.05, 0.1) is 19.3 Å². The fourth-order valence-corrected chi connectivity index (χ4v) is 2.68. The van der Waals surface area contributed by atoms with E-state index < -0.39 is 11.7 Å². The van der Waals surface area contributed by atoms with Crippen molar-refractivity contribution in [3.8, 4) is 0 Å². The number of aliphatic hydroxyl groups excluding tert-OH is 2. The lowest BCUT2D eigenvalue weighted by atomic mass is 9.98. The lowest BCUT2D eigenvalue weighted by molar-refractivity contribution is -0.160. The van der Waals surface area contributed by atoms with Crippen molar-refractivity contribution >= 4 is 0 Å². The van der Waals surface area contributed by atoms with Crippen molar-refractivity contribution in [2.45, 2.75) is 30.3 Å². The van der Waals surface area contributed by atoms with Gasteiger partial charge in [0.25, 0.3) is 0 Å². The summed E-state index contributed by atoms with van der Waals surface area (Å²) in [6.45, 7) is 0.0799. The Hall–Kier alpha value is -0.940. The van der Waals surface area contributed by atoms with Crippen LogP contribution in [-0.2, 0) is 15.9 Å². The van der Waals surface area contributed by atoms with Crippen molar-refractivity contribution in [2.75, 3.05) is 13.2 Å². The standard InChI is InChI=1S/C13H16O4/c14-7-13-8-16-11(12(13)15)10(17-13)6-9-4-2-1-3-5-9/h1-5,10-12,14-15H,6-8H2/t10-,11?,12?,13-/m0/s1. The first-order valence-corrected chi connectivity index (χ1v) is 5.87. The van der Waals surface area contributed by atoms with Crippen LogP contribution in [0.15, 0.2) is 30.3 Å². The van der Waals surface area contributed by atoms with Crippen LogP contribution in [0.3, 0.4) is 0 Å². The summed E-state index contributed by atoms with van der Waals surface area (Å²) in [7, 11) is 0. The molecule has 4 heteroatoms. The topological polar surface area (TPSA) is 58.9 Å². The van der Waals surface area contributed by atoms with Crippen LogP contribution in [-0.4, -0.2) is 47.3 Å². The van der Waals surface area contributed by atoms with Gasteiger partial charge in [-0.3, -0.25) is 0 Å². The number of rotatable bonds is 3. The molecule has 4 atom stereocenters. The molecule has 4 nitrogen and oxygen atoms in total. The van der Waals surface area contributed by atoms with Gasteiger partial charge in [-0.2, -0.15) is 0 Å². The lowest BCUT2D eigenvalue weighted by Crippen LogP contribution is -2.44. The van der Waals surface area contributed by atoms with E-state index in [4.69, 9.17) is 9.47 Å². The Kier molecular flexibility index (Phi) is 2.67. The Bertz CT molecular complexity index is 394. The van der Waals surface area contributed by atoms with Crippen LogP contribution in [0.1, 0.15) is 5.56 Å². The molecular formula is C13H16O4. The molecule has 2 aliphatic rings. The van der Waals surface area contributed by atoms with Crippen LogP contribution in [0, 0.1) is 0 Å². The van der Waals surface area contributed by atoms with Crippen molar-refractivity contribution in [3.63, 3.8) is 0 Å². The van der Waals surface area contributed by atoms with Gasteiger partial charge in [-0.05, 0) is 5.56 Å². The maximum absolute atomic E-state index is 10.0. The average Bonchev–Trinajstić information content (AvgIpc) is 2.82. The molecule has 2 aliphatic heterocycles. The number of ether oxygens (including phenoxy) is 2. The second-order valence-electron chi connectivity index (χ2n) is 4.79. The molecule has 2 unspecified atom stereocenters. The summed E-state index contributed by atoms with van der Waals surface area (Å²) in [4.78, 5) is 0. The zero-order chi connectivity index (χ0) is 11.9. The molecule has 0 saturated carbocycles. The quantitative estimate of drug-likeness (QED) is 0.782. The van der Waals surface area contributed by atoms with Crippen molar-refractivity contribution in [1.29, 1.82) is 0 Å². The van der Waals surface area contributed by atoms with Gasteiger partial charge in [-0.1, -0.05) is 30.3 Å². The molecule has 92 valence electrons. The summed E-state index contributed by atoms with van der Waals surface area (Å²) in [5.41, 5.74) is 0.248. The van der Waals surface area contributed by atoms with Crippen LogP contribution >= 0.6 is 0 Å². The monoisotopic (exact) mass is 236 g/mol. The average molecular weight is 236 g/mol. The molecule has 0 aliphatic carbocycles. The molecule has 2 N–H and O–H groups in total. The third-order valence-corrected chi connectivity index (χ3v) is 3.67. The summed E-state index contributed by atoms with van der Waals surface area (Å²) >= 11 is 0. The minimum absolute atomic E-state index is 0.173. The third kappa shape index (κ3) is 1.68. The van der Waals surface area contributed by atoms with Gasteiger partial charge in [0.2, 0.25) is 0 Å². The zero-order valence-corrected chi connectivity index (χ0v) is 9.45. The van der Waals surface area contributed by atoms with Gasteiger partial charge in [0, 0.05) is 6.42 Å². The molecule has 1 aromatic rings. The molecule has 2 fully saturated rings. The van der Waals surface area contributed by atoms with E-state index in [1.54, 1.807) is 0 Å². The minimum atomic E-state index is -0.899. The highest BCUT2D eigenvalue weighted by atomic mass is 16.6. The zero-order valence-electron chi connectivity index (χ0n) is 9.45. The summed E-state index contributed by atoms with van der Waals surface area (Å²) < 4.78 is 11.3. The van der Waals surface area contributed by atoms with Gasteiger partial charge in [-0.15, -0.1) is 0 Å². The highest BCUT2D eigenvalue weighted by Gasteiger charge is 2.60. The predicted molar refractivity (Wildman–Crippen MR) is 60.6 cm³/mol. The number of benzene rings is 1. The Labute approximate surface area is 99.8 Å². The largest absolute Gasteiger partial charge is 0.393 e. The van der Waals surface area contributed by atoms with Gasteiger partial charge in [0.1, 0.15) is 17.8 Å². The molecule has 0 radical (unpaired) electrons. The Morgan fingerprint density at radius 2 is 2.06 bits per heavy atom. The smallest absolute Gasteiger partial charge is 0.143 e. The number of hydrogen-bond acceptors (Lipinski definition) is 4. The summed E-state index contributed by atoms with van der Waals surface area (Å²) in [6.07, 6.45) is -0.513. The van der Waals surface area contributed by atoms with E-state index >= 15 is 0 Å². The Morgan fingerprint density at radius 3 is 2.71 bits per heavy atom. The van der Waals surface area contributed by atoms with Gasteiger partial charge in [0.15, 0.2) is 0 Å². The molecule has 1 aromatic carbocycles. The van der Waals surface area contributed by atoms with E-state index in [0.717, 1.165) is 5.56 Å². The van der Waals surface area contributed by atoms with Crippen LogP contribution < -0.4 is 0 Å². The molecule has 3 rings (SSSR count). The predicted octanol–water partition coefficient (Wildman–Crippen LogP) is 0.119. The molecule has 2 heterocycles. The Balaban J connectivity index is 1.75. The van der Waals surface area contributed by atoms with E-state index in [9.17, 15) is 10.2 Å². The van der Waals surface area contributed by atoms with E-state index in [-0.39, 0.29) is 25.4 Å². The fourth-order valence-electron chi connectivity index (χ4n) is 2.68. The summed E-state index contributed by atoms with van der Waals surface area (Å²) in [6, 6.07) is 9.95. The van der Waals surface area contributed by atoms with E-state index in [1.807, 2.05) is 30.3 Å². The molecular weight excluding hydrogens is 220 g/mol. The summed E-state index contributed by atoms with van der Waals surface area (Å²) in [5.74, 6) is 0. The van der Waals surface area contributed by atoms with E-state index in [1.165, 1.54) is 0 Å². The number of hydrogen-bond donors (Lipinski definition) is 2. The second-order valence-corrected chi connectivity index (χ2v) is 4.79. The van der Waals surface area contributed by atoms with Gasteiger partial charge >= 0.3 is 0 Å². The lowest BCUT2D eigenvalue weighted by Gasteiger charge is -2.28. The SMILES string of the molecule is OC[C@]12COC(C1O)[C@H](Cc1ccccc1)O2. The number of aliphatic hydroxyl groups is 2. The minimum Gasteiger partial charge on any atom is -0.393 e. The molecule has 2 bridgehead atoms. The van der Waals surface area contributed by atoms with Crippen molar-refractivity contribution in [2.24, 2.45) is 0 Å². The number of fused-ring (bicyclic) bond motifs is 2. The maximum atomic E-state index is 10.0. The normalized spacial score (nSPS) is 39.8. The highest BCUT2D eigenvalue weighted by Crippen LogP contribution is 2.40. The first-order valence-electron chi connectivity index (χ1n) is 5.87. The third-order valence-electron chi connectivity index (χ3n) is 3.67. The molecule has 0 aromatic heterocycles. The molecule has 0 spiro atoms. The van der Waals surface area contributed by atoms with E-state index in [0.29, 0.717) is 6.42 Å². The molecule has 0 amide bonds. The maximum Gasteiger partial charge on any atom is 0.143 e. The summed E-state index contributed by atoms with van der Waals surface area (Å²) in [5, 5.41) is 19.4. The first kappa shape index (κ1) is 11.2. The first-order chi connectivity index (χ1) is 8.25. The van der Waals surface area contributed by atoms with Gasteiger partial charge < -0.3 is 19.7 Å².